The van der Waals surface area contributed by atoms with Crippen LogP contribution in [0, 0.1) is 0 Å². The Morgan fingerprint density at radius 3 is 2.67 bits per heavy atom. The molecule has 2 aliphatic rings. The summed E-state index contributed by atoms with van der Waals surface area (Å²) in [4.78, 5) is 20.8. The van der Waals surface area contributed by atoms with Gasteiger partial charge in [0.05, 0.1) is 5.69 Å². The number of ether oxygens (including phenoxy) is 2. The van der Waals surface area contributed by atoms with Gasteiger partial charge in [-0.25, -0.2) is 0 Å². The molecule has 1 saturated heterocycles. The first-order valence-corrected chi connectivity index (χ1v) is 9.03. The number of fused-ring (bicyclic) bond motifs is 1. The summed E-state index contributed by atoms with van der Waals surface area (Å²) < 4.78 is 11.2. The van der Waals surface area contributed by atoms with Crippen LogP contribution in [0.1, 0.15) is 4.88 Å². The summed E-state index contributed by atoms with van der Waals surface area (Å²) in [5, 5.41) is 0. The van der Waals surface area contributed by atoms with Gasteiger partial charge in [-0.3, -0.25) is 9.69 Å². The molecule has 0 aliphatic carbocycles. The minimum atomic E-state index is -0.0102. The highest BCUT2D eigenvalue weighted by atomic mass is 32.1. The lowest BCUT2D eigenvalue weighted by Crippen LogP contribution is -2.43. The second kappa shape index (κ2) is 6.58. The van der Waals surface area contributed by atoms with E-state index in [1.807, 2.05) is 18.2 Å². The molecule has 0 radical (unpaired) electrons. The summed E-state index contributed by atoms with van der Waals surface area (Å²) in [7, 11) is 2.15. The van der Waals surface area contributed by atoms with E-state index in [0.29, 0.717) is 13.2 Å². The number of thiazole rings is 1. The summed E-state index contributed by atoms with van der Waals surface area (Å²) in [6.07, 6.45) is 0. The van der Waals surface area contributed by atoms with Crippen LogP contribution in [0.5, 0.6) is 11.5 Å². The molecule has 2 aliphatic heterocycles. The van der Waals surface area contributed by atoms with Gasteiger partial charge in [0, 0.05) is 43.2 Å². The Morgan fingerprint density at radius 1 is 1.12 bits per heavy atom. The van der Waals surface area contributed by atoms with Crippen LogP contribution in [0.15, 0.2) is 23.0 Å². The van der Waals surface area contributed by atoms with Gasteiger partial charge in [-0.2, -0.15) is 0 Å². The number of aromatic nitrogens is 1. The van der Waals surface area contributed by atoms with Crippen molar-refractivity contribution in [2.24, 2.45) is 0 Å². The zero-order valence-corrected chi connectivity index (χ0v) is 14.5. The van der Waals surface area contributed by atoms with Crippen LogP contribution in [-0.2, 0) is 6.54 Å². The fourth-order valence-corrected chi connectivity index (χ4v) is 4.01. The van der Waals surface area contributed by atoms with E-state index in [1.165, 1.54) is 11.3 Å². The van der Waals surface area contributed by atoms with E-state index < -0.39 is 0 Å². The molecule has 0 unspecified atom stereocenters. The van der Waals surface area contributed by atoms with Crippen molar-refractivity contribution >= 4 is 11.3 Å². The smallest absolute Gasteiger partial charge is 0.305 e. The quantitative estimate of drug-likeness (QED) is 0.914. The molecular formula is C17H21N3O3S. The number of rotatable bonds is 3. The minimum absolute atomic E-state index is 0.0102. The number of piperazine rings is 1. The second-order valence-electron chi connectivity index (χ2n) is 6.25. The van der Waals surface area contributed by atoms with E-state index in [0.717, 1.165) is 60.4 Å². The average molecular weight is 347 g/mol. The molecule has 1 aromatic heterocycles. The van der Waals surface area contributed by atoms with Crippen LogP contribution in [0.2, 0.25) is 0 Å². The molecule has 1 N–H and O–H groups in total. The number of nitrogens with one attached hydrogen (secondary N) is 1. The maximum Gasteiger partial charge on any atom is 0.305 e. The number of hydrogen-bond acceptors (Lipinski definition) is 6. The zero-order valence-electron chi connectivity index (χ0n) is 13.7. The molecule has 1 fully saturated rings. The van der Waals surface area contributed by atoms with Crippen molar-refractivity contribution in [3.63, 3.8) is 0 Å². The Balaban J connectivity index is 1.60. The van der Waals surface area contributed by atoms with E-state index in [1.54, 1.807) is 0 Å². The summed E-state index contributed by atoms with van der Waals surface area (Å²) in [5.41, 5.74) is 1.88. The van der Waals surface area contributed by atoms with Crippen molar-refractivity contribution in [1.29, 1.82) is 0 Å². The van der Waals surface area contributed by atoms with Crippen molar-refractivity contribution in [2.75, 3.05) is 46.4 Å². The molecule has 3 heterocycles. The maximum absolute atomic E-state index is 11.9. The first-order valence-electron chi connectivity index (χ1n) is 8.22. The molecule has 0 spiro atoms. The molecule has 24 heavy (non-hydrogen) atoms. The van der Waals surface area contributed by atoms with Crippen molar-refractivity contribution in [1.82, 2.24) is 14.8 Å². The van der Waals surface area contributed by atoms with Gasteiger partial charge >= 0.3 is 4.87 Å². The predicted octanol–water partition coefficient (Wildman–Crippen LogP) is 1.62. The number of nitrogens with zero attached hydrogens (tertiary/aromatic N) is 2. The molecule has 1 aromatic carbocycles. The van der Waals surface area contributed by atoms with Crippen LogP contribution in [0.3, 0.4) is 0 Å². The molecule has 6 nitrogen and oxygen atoms in total. The van der Waals surface area contributed by atoms with Crippen molar-refractivity contribution < 1.29 is 9.47 Å². The van der Waals surface area contributed by atoms with Crippen molar-refractivity contribution in [3.05, 3.63) is 32.7 Å². The van der Waals surface area contributed by atoms with Gasteiger partial charge in [-0.05, 0) is 25.2 Å². The van der Waals surface area contributed by atoms with E-state index in [9.17, 15) is 4.79 Å². The number of aromatic amines is 1. The predicted molar refractivity (Wildman–Crippen MR) is 94.1 cm³/mol. The second-order valence-corrected chi connectivity index (χ2v) is 7.32. The van der Waals surface area contributed by atoms with Crippen LogP contribution in [0.4, 0.5) is 0 Å². The van der Waals surface area contributed by atoms with Crippen LogP contribution >= 0.6 is 11.3 Å². The summed E-state index contributed by atoms with van der Waals surface area (Å²) in [6, 6.07) is 5.86. The Labute approximate surface area is 144 Å². The zero-order chi connectivity index (χ0) is 16.5. The van der Waals surface area contributed by atoms with Crippen molar-refractivity contribution in [3.8, 4) is 22.8 Å². The Morgan fingerprint density at radius 2 is 1.88 bits per heavy atom. The first kappa shape index (κ1) is 15.7. The fraction of sp³-hybridized carbons (Fsp3) is 0.471. The largest absolute Gasteiger partial charge is 0.486 e. The van der Waals surface area contributed by atoms with E-state index >= 15 is 0 Å². The van der Waals surface area contributed by atoms with E-state index in [-0.39, 0.29) is 4.87 Å². The Kier molecular flexibility index (Phi) is 4.30. The number of hydrogen-bond donors (Lipinski definition) is 1. The molecule has 2 aromatic rings. The summed E-state index contributed by atoms with van der Waals surface area (Å²) >= 11 is 1.30. The molecule has 7 heteroatoms. The third-order valence-corrected chi connectivity index (χ3v) is 5.38. The molecule has 128 valence electrons. The molecule has 0 atom stereocenters. The standard InChI is InChI=1S/C17H21N3O3S/c1-19-4-6-20(7-5-19)11-15-16(18-17(21)24-15)12-2-3-13-14(10-12)23-9-8-22-13/h2-3,10H,4-9,11H2,1H3,(H,18,21). The maximum atomic E-state index is 11.9. The van der Waals surface area contributed by atoms with Crippen LogP contribution in [0.25, 0.3) is 11.3 Å². The summed E-state index contributed by atoms with van der Waals surface area (Å²) in [5.74, 6) is 1.51. The van der Waals surface area contributed by atoms with Crippen LogP contribution in [-0.4, -0.2) is 61.2 Å². The number of benzene rings is 1. The minimum Gasteiger partial charge on any atom is -0.486 e. The van der Waals surface area contributed by atoms with Crippen molar-refractivity contribution in [2.45, 2.75) is 6.54 Å². The average Bonchev–Trinajstić information content (AvgIpc) is 2.97. The van der Waals surface area contributed by atoms with Gasteiger partial charge in [0.2, 0.25) is 0 Å². The SMILES string of the molecule is CN1CCN(Cc2sc(=O)[nH]c2-c2ccc3c(c2)OCCO3)CC1. The summed E-state index contributed by atoms with van der Waals surface area (Å²) in [6.45, 7) is 6.14. The topological polar surface area (TPSA) is 57.8 Å². The van der Waals surface area contributed by atoms with E-state index in [2.05, 4.69) is 21.8 Å². The Bertz CT molecular complexity index is 778. The molecule has 0 amide bonds. The highest BCUT2D eigenvalue weighted by Crippen LogP contribution is 2.35. The third kappa shape index (κ3) is 3.19. The highest BCUT2D eigenvalue weighted by Gasteiger charge is 2.19. The Hall–Kier alpha value is -1.83. The van der Waals surface area contributed by atoms with Gasteiger partial charge in [0.15, 0.2) is 11.5 Å². The third-order valence-electron chi connectivity index (χ3n) is 4.52. The molecule has 4 rings (SSSR count). The fourth-order valence-electron chi connectivity index (χ4n) is 3.11. The van der Waals surface area contributed by atoms with Gasteiger partial charge in [0.25, 0.3) is 0 Å². The number of likely N-dealkylation sites (N-methyl/N-ethyl adjacent to an activating group) is 1. The molecule has 0 bridgehead atoms. The van der Waals surface area contributed by atoms with Gasteiger partial charge in [0.1, 0.15) is 13.2 Å². The molecular weight excluding hydrogens is 326 g/mol. The monoisotopic (exact) mass is 347 g/mol. The van der Waals surface area contributed by atoms with E-state index in [4.69, 9.17) is 9.47 Å². The highest BCUT2D eigenvalue weighted by molar-refractivity contribution is 7.09. The lowest BCUT2D eigenvalue weighted by Gasteiger charge is -2.32. The van der Waals surface area contributed by atoms with Gasteiger partial charge in [-0.15, -0.1) is 0 Å². The lowest BCUT2D eigenvalue weighted by atomic mass is 10.1. The van der Waals surface area contributed by atoms with Gasteiger partial charge < -0.3 is 19.4 Å². The van der Waals surface area contributed by atoms with Crippen LogP contribution < -0.4 is 14.3 Å². The van der Waals surface area contributed by atoms with Gasteiger partial charge in [-0.1, -0.05) is 11.3 Å². The first-order chi connectivity index (χ1) is 11.7. The number of H-pyrrole nitrogens is 1. The lowest BCUT2D eigenvalue weighted by molar-refractivity contribution is 0.149. The molecule has 0 saturated carbocycles. The normalized spacial score (nSPS) is 18.7.